The number of aromatic nitrogens is 3. The number of fused-ring (bicyclic) bond motifs is 1. The third kappa shape index (κ3) is 2.55. The SMILES string of the molecule is Cc1cc(CN2CC[C@@H]3O[C@H](c4nnc(C)o4)CC[C@@H]32)no1. The third-order valence-corrected chi connectivity index (χ3v) is 4.52. The largest absolute Gasteiger partial charge is 0.423 e. The summed E-state index contributed by atoms with van der Waals surface area (Å²) in [6.07, 6.45) is 3.20. The van der Waals surface area contributed by atoms with Gasteiger partial charge in [0.2, 0.25) is 11.8 Å². The van der Waals surface area contributed by atoms with E-state index >= 15 is 0 Å². The minimum atomic E-state index is -0.0586. The second-order valence-electron chi connectivity index (χ2n) is 6.16. The molecule has 118 valence electrons. The Morgan fingerprint density at radius 2 is 2.14 bits per heavy atom. The average molecular weight is 304 g/mol. The van der Waals surface area contributed by atoms with Gasteiger partial charge in [0.25, 0.3) is 0 Å². The molecule has 2 aromatic heterocycles. The molecule has 3 atom stereocenters. The molecule has 0 bridgehead atoms. The molecule has 22 heavy (non-hydrogen) atoms. The maximum atomic E-state index is 6.20. The van der Waals surface area contributed by atoms with Crippen LogP contribution in [0, 0.1) is 13.8 Å². The smallest absolute Gasteiger partial charge is 0.245 e. The van der Waals surface area contributed by atoms with Gasteiger partial charge in [-0.1, -0.05) is 5.16 Å². The van der Waals surface area contributed by atoms with Crippen molar-refractivity contribution < 1.29 is 13.7 Å². The first-order chi connectivity index (χ1) is 10.7. The molecule has 2 saturated heterocycles. The van der Waals surface area contributed by atoms with Crippen molar-refractivity contribution in [3.8, 4) is 0 Å². The number of likely N-dealkylation sites (tertiary alicyclic amines) is 1. The lowest BCUT2D eigenvalue weighted by molar-refractivity contribution is -0.0819. The van der Waals surface area contributed by atoms with Crippen LogP contribution in [0.2, 0.25) is 0 Å². The van der Waals surface area contributed by atoms with Crippen molar-refractivity contribution >= 4 is 0 Å². The zero-order chi connectivity index (χ0) is 15.1. The van der Waals surface area contributed by atoms with Crippen LogP contribution in [0.5, 0.6) is 0 Å². The molecule has 0 saturated carbocycles. The Labute approximate surface area is 128 Å². The number of aryl methyl sites for hydroxylation is 2. The van der Waals surface area contributed by atoms with Gasteiger partial charge in [0.15, 0.2) is 0 Å². The molecule has 0 radical (unpaired) electrons. The number of hydrogen-bond donors (Lipinski definition) is 0. The first-order valence-electron chi connectivity index (χ1n) is 7.81. The maximum absolute atomic E-state index is 6.20. The molecule has 2 aliphatic heterocycles. The molecule has 0 aliphatic carbocycles. The van der Waals surface area contributed by atoms with Gasteiger partial charge >= 0.3 is 0 Å². The number of ether oxygens (including phenoxy) is 1. The van der Waals surface area contributed by atoms with E-state index in [-0.39, 0.29) is 12.2 Å². The van der Waals surface area contributed by atoms with E-state index in [0.717, 1.165) is 43.8 Å². The van der Waals surface area contributed by atoms with Gasteiger partial charge in [-0.05, 0) is 26.2 Å². The summed E-state index contributed by atoms with van der Waals surface area (Å²) in [5.74, 6) is 2.06. The fraction of sp³-hybridized carbons (Fsp3) is 0.667. The molecule has 7 nitrogen and oxygen atoms in total. The Kier molecular flexibility index (Phi) is 3.46. The molecule has 2 aromatic rings. The van der Waals surface area contributed by atoms with Crippen molar-refractivity contribution in [1.82, 2.24) is 20.3 Å². The molecule has 7 heteroatoms. The zero-order valence-electron chi connectivity index (χ0n) is 12.9. The van der Waals surface area contributed by atoms with E-state index in [2.05, 4.69) is 20.3 Å². The Morgan fingerprint density at radius 3 is 2.86 bits per heavy atom. The first kappa shape index (κ1) is 13.9. The summed E-state index contributed by atoms with van der Waals surface area (Å²) in [5.41, 5.74) is 0.993. The van der Waals surface area contributed by atoms with E-state index in [0.29, 0.717) is 17.8 Å². The molecule has 2 fully saturated rings. The van der Waals surface area contributed by atoms with E-state index in [1.807, 2.05) is 13.0 Å². The molecule has 4 rings (SSSR count). The van der Waals surface area contributed by atoms with Gasteiger partial charge in [0, 0.05) is 32.1 Å². The van der Waals surface area contributed by atoms with Crippen LogP contribution >= 0.6 is 0 Å². The second-order valence-corrected chi connectivity index (χ2v) is 6.16. The van der Waals surface area contributed by atoms with E-state index in [9.17, 15) is 0 Å². The van der Waals surface area contributed by atoms with E-state index in [1.165, 1.54) is 0 Å². The minimum absolute atomic E-state index is 0.0586. The lowest BCUT2D eigenvalue weighted by Crippen LogP contribution is -2.40. The summed E-state index contributed by atoms with van der Waals surface area (Å²) in [5, 5.41) is 12.1. The van der Waals surface area contributed by atoms with Crippen molar-refractivity contribution in [3.63, 3.8) is 0 Å². The molecular formula is C15H20N4O3. The summed E-state index contributed by atoms with van der Waals surface area (Å²) in [4.78, 5) is 2.44. The van der Waals surface area contributed by atoms with Crippen LogP contribution < -0.4 is 0 Å². The standard InChI is InChI=1S/C15H20N4O3/c1-9-7-11(18-22-9)8-19-6-5-13-12(19)3-4-14(21-13)15-17-16-10(2)20-15/h7,12-14H,3-6,8H2,1-2H3/t12-,13-,14-/m0/s1. The molecule has 2 aliphatic rings. The van der Waals surface area contributed by atoms with Crippen LogP contribution in [0.25, 0.3) is 0 Å². The quantitative estimate of drug-likeness (QED) is 0.860. The highest BCUT2D eigenvalue weighted by Gasteiger charge is 2.41. The van der Waals surface area contributed by atoms with E-state index < -0.39 is 0 Å². The predicted molar refractivity (Wildman–Crippen MR) is 75.9 cm³/mol. The van der Waals surface area contributed by atoms with E-state index in [4.69, 9.17) is 13.7 Å². The Hall–Kier alpha value is -1.73. The second kappa shape index (κ2) is 5.48. The molecule has 0 N–H and O–H groups in total. The average Bonchev–Trinajstić information content (AvgIpc) is 3.21. The molecule has 0 aromatic carbocycles. The predicted octanol–water partition coefficient (Wildman–Crippen LogP) is 2.17. The molecule has 0 spiro atoms. The van der Waals surface area contributed by atoms with Crippen molar-refractivity contribution in [2.24, 2.45) is 0 Å². The van der Waals surface area contributed by atoms with Crippen LogP contribution in [-0.4, -0.2) is 38.9 Å². The van der Waals surface area contributed by atoms with Gasteiger partial charge in [0.05, 0.1) is 11.8 Å². The Morgan fingerprint density at radius 1 is 1.23 bits per heavy atom. The van der Waals surface area contributed by atoms with Crippen molar-refractivity contribution in [2.45, 2.75) is 57.9 Å². The highest BCUT2D eigenvalue weighted by Crippen LogP contribution is 2.38. The van der Waals surface area contributed by atoms with Gasteiger partial charge < -0.3 is 13.7 Å². The fourth-order valence-corrected chi connectivity index (χ4v) is 3.54. The summed E-state index contributed by atoms with van der Waals surface area (Å²) in [7, 11) is 0. The monoisotopic (exact) mass is 304 g/mol. The highest BCUT2D eigenvalue weighted by molar-refractivity contribution is 5.05. The maximum Gasteiger partial charge on any atom is 0.245 e. The van der Waals surface area contributed by atoms with Gasteiger partial charge in [-0.2, -0.15) is 0 Å². The number of nitrogens with zero attached hydrogens (tertiary/aromatic N) is 4. The molecule has 0 unspecified atom stereocenters. The zero-order valence-corrected chi connectivity index (χ0v) is 12.9. The summed E-state index contributed by atoms with van der Waals surface area (Å²) >= 11 is 0. The molecule has 4 heterocycles. The van der Waals surface area contributed by atoms with Crippen LogP contribution in [-0.2, 0) is 11.3 Å². The van der Waals surface area contributed by atoms with Crippen molar-refractivity contribution in [3.05, 3.63) is 29.3 Å². The van der Waals surface area contributed by atoms with E-state index in [1.54, 1.807) is 6.92 Å². The molecular weight excluding hydrogens is 284 g/mol. The lowest BCUT2D eigenvalue weighted by Gasteiger charge is -2.34. The van der Waals surface area contributed by atoms with Crippen molar-refractivity contribution in [2.75, 3.05) is 6.54 Å². The minimum Gasteiger partial charge on any atom is -0.423 e. The normalized spacial score (nSPS) is 28.9. The van der Waals surface area contributed by atoms with Gasteiger partial charge in [-0.3, -0.25) is 4.90 Å². The summed E-state index contributed by atoms with van der Waals surface area (Å²) < 4.78 is 16.9. The van der Waals surface area contributed by atoms with Crippen LogP contribution in [0.4, 0.5) is 0 Å². The summed E-state index contributed by atoms with van der Waals surface area (Å²) in [6, 6.07) is 2.44. The highest BCUT2D eigenvalue weighted by atomic mass is 16.5. The Balaban J connectivity index is 1.41. The fourth-order valence-electron chi connectivity index (χ4n) is 3.54. The summed E-state index contributed by atoms with van der Waals surface area (Å²) in [6.45, 7) is 5.58. The topological polar surface area (TPSA) is 77.4 Å². The number of hydrogen-bond acceptors (Lipinski definition) is 7. The van der Waals surface area contributed by atoms with Crippen LogP contribution in [0.3, 0.4) is 0 Å². The third-order valence-electron chi connectivity index (χ3n) is 4.52. The first-order valence-corrected chi connectivity index (χ1v) is 7.81. The number of rotatable bonds is 3. The van der Waals surface area contributed by atoms with Crippen LogP contribution in [0.15, 0.2) is 15.0 Å². The van der Waals surface area contributed by atoms with Crippen LogP contribution in [0.1, 0.15) is 48.6 Å². The van der Waals surface area contributed by atoms with Gasteiger partial charge in [-0.25, -0.2) is 0 Å². The molecule has 0 amide bonds. The lowest BCUT2D eigenvalue weighted by atomic mass is 9.99. The van der Waals surface area contributed by atoms with Crippen molar-refractivity contribution in [1.29, 1.82) is 0 Å². The van der Waals surface area contributed by atoms with Gasteiger partial charge in [-0.15, -0.1) is 10.2 Å². The van der Waals surface area contributed by atoms with Gasteiger partial charge in [0.1, 0.15) is 11.9 Å². The Bertz CT molecular complexity index is 653.